The van der Waals surface area contributed by atoms with Crippen LogP contribution in [0.1, 0.15) is 13.8 Å². The summed E-state index contributed by atoms with van der Waals surface area (Å²) in [6.45, 7) is 2.32. The number of halogens is 1. The Balaban J connectivity index is 0. The fourth-order valence-corrected chi connectivity index (χ4v) is 1.68. The van der Waals surface area contributed by atoms with Gasteiger partial charge in [-0.1, -0.05) is 0 Å². The maximum atomic E-state index is 11.1. The van der Waals surface area contributed by atoms with Gasteiger partial charge in [0.05, 0.1) is 6.10 Å². The molecule has 80 valence electrons. The van der Waals surface area contributed by atoms with Gasteiger partial charge in [0, 0.05) is 6.26 Å². The summed E-state index contributed by atoms with van der Waals surface area (Å²) in [5.74, 6) is -1.04. The number of carbonyl (C=O) groups excluding carboxylic acids is 1. The van der Waals surface area contributed by atoms with Crippen molar-refractivity contribution in [2.24, 2.45) is 5.73 Å². The van der Waals surface area contributed by atoms with Crippen LogP contribution in [0.2, 0.25) is 0 Å². The third kappa shape index (κ3) is 2.55. The highest BCUT2D eigenvalue weighted by atomic mass is 35.5. The summed E-state index contributed by atoms with van der Waals surface area (Å²) in [7, 11) is -3.69. The fourth-order valence-electron chi connectivity index (χ4n) is 0.698. The zero-order valence-corrected chi connectivity index (χ0v) is 9.28. The molecule has 1 amide bonds. The fraction of sp³-hybridized carbons (Fsp3) is 0.833. The lowest BCUT2D eigenvalue weighted by molar-refractivity contribution is -0.122. The Labute approximate surface area is 83.6 Å². The quantitative estimate of drug-likeness (QED) is 0.656. The number of sulfone groups is 1. The Kier molecular flexibility index (Phi) is 4.96. The number of carbonyl (C=O) groups is 1. The average molecular weight is 232 g/mol. The summed E-state index contributed by atoms with van der Waals surface area (Å²) in [5, 5.41) is 9.10. The van der Waals surface area contributed by atoms with Crippen molar-refractivity contribution in [3.8, 4) is 0 Å². The van der Waals surface area contributed by atoms with E-state index in [0.717, 1.165) is 13.2 Å². The van der Waals surface area contributed by atoms with Crippen LogP contribution in [-0.2, 0) is 14.6 Å². The number of rotatable bonds is 3. The Hall–Kier alpha value is -0.330. The average Bonchev–Trinajstić information content (AvgIpc) is 1.82. The highest BCUT2D eigenvalue weighted by molar-refractivity contribution is 7.92. The molecule has 2 unspecified atom stereocenters. The highest BCUT2D eigenvalue weighted by Crippen LogP contribution is 2.20. The van der Waals surface area contributed by atoms with Crippen LogP contribution in [0.25, 0.3) is 0 Å². The molecule has 0 aliphatic heterocycles. The van der Waals surface area contributed by atoms with Crippen LogP contribution in [0.5, 0.6) is 0 Å². The minimum absolute atomic E-state index is 0. The van der Waals surface area contributed by atoms with Crippen molar-refractivity contribution in [3.05, 3.63) is 0 Å². The van der Waals surface area contributed by atoms with Crippen molar-refractivity contribution in [2.45, 2.75) is 24.7 Å². The number of amides is 1. The molecule has 0 aliphatic rings. The zero-order valence-electron chi connectivity index (χ0n) is 7.64. The van der Waals surface area contributed by atoms with E-state index in [0.29, 0.717) is 0 Å². The van der Waals surface area contributed by atoms with E-state index in [2.05, 4.69) is 0 Å². The Morgan fingerprint density at radius 2 is 1.85 bits per heavy atom. The lowest BCUT2D eigenvalue weighted by atomic mass is 10.1. The van der Waals surface area contributed by atoms with E-state index in [4.69, 9.17) is 10.8 Å². The molecule has 0 saturated carbocycles. The van der Waals surface area contributed by atoms with Gasteiger partial charge in [0.1, 0.15) is 0 Å². The van der Waals surface area contributed by atoms with E-state index in [9.17, 15) is 13.2 Å². The molecule has 0 aromatic rings. The van der Waals surface area contributed by atoms with Crippen LogP contribution in [0, 0.1) is 0 Å². The van der Waals surface area contributed by atoms with Gasteiger partial charge in [-0.05, 0) is 13.8 Å². The van der Waals surface area contributed by atoms with Crippen LogP contribution in [0.3, 0.4) is 0 Å². The Morgan fingerprint density at radius 1 is 1.54 bits per heavy atom. The van der Waals surface area contributed by atoms with Crippen LogP contribution in [0.15, 0.2) is 0 Å². The van der Waals surface area contributed by atoms with Crippen LogP contribution >= 0.6 is 12.4 Å². The third-order valence-corrected chi connectivity index (χ3v) is 4.14. The second kappa shape index (κ2) is 4.26. The van der Waals surface area contributed by atoms with Gasteiger partial charge < -0.3 is 10.8 Å². The van der Waals surface area contributed by atoms with Gasteiger partial charge in [-0.3, -0.25) is 4.79 Å². The first-order chi connectivity index (χ1) is 5.14. The number of primary amides is 1. The largest absolute Gasteiger partial charge is 0.391 e. The Bertz CT molecular complexity index is 287. The van der Waals surface area contributed by atoms with Crippen molar-refractivity contribution >= 4 is 28.2 Å². The lowest BCUT2D eigenvalue weighted by Gasteiger charge is -2.26. The minimum Gasteiger partial charge on any atom is -0.391 e. The molecule has 0 radical (unpaired) electrons. The van der Waals surface area contributed by atoms with Crippen LogP contribution in [0.4, 0.5) is 0 Å². The standard InChI is InChI=1S/C6H13NO4S.ClH/c1-4(8)6(2,5(7)9)12(3,10)11;/h4,8H,1-3H3,(H2,7,9);1H. The number of hydrogen-bond donors (Lipinski definition) is 2. The summed E-state index contributed by atoms with van der Waals surface area (Å²) >= 11 is 0. The molecular formula is C6H14ClNO4S. The smallest absolute Gasteiger partial charge is 0.241 e. The maximum absolute atomic E-state index is 11.1. The summed E-state index contributed by atoms with van der Waals surface area (Å²) in [4.78, 5) is 10.8. The van der Waals surface area contributed by atoms with E-state index < -0.39 is 26.6 Å². The lowest BCUT2D eigenvalue weighted by Crippen LogP contribution is -2.54. The number of hydrogen-bond acceptors (Lipinski definition) is 4. The molecule has 0 aromatic heterocycles. The van der Waals surface area contributed by atoms with Crippen molar-refractivity contribution in [1.29, 1.82) is 0 Å². The first kappa shape index (κ1) is 15.2. The van der Waals surface area contributed by atoms with Gasteiger partial charge in [-0.15, -0.1) is 12.4 Å². The van der Waals surface area contributed by atoms with E-state index in [-0.39, 0.29) is 12.4 Å². The van der Waals surface area contributed by atoms with E-state index >= 15 is 0 Å². The normalized spacial score (nSPS) is 18.2. The minimum atomic E-state index is -3.69. The molecule has 0 heterocycles. The number of aliphatic hydroxyl groups is 1. The monoisotopic (exact) mass is 231 g/mol. The van der Waals surface area contributed by atoms with Gasteiger partial charge in [0.2, 0.25) is 5.91 Å². The molecular weight excluding hydrogens is 218 g/mol. The first-order valence-electron chi connectivity index (χ1n) is 3.31. The van der Waals surface area contributed by atoms with E-state index in [1.807, 2.05) is 0 Å². The third-order valence-electron chi connectivity index (χ3n) is 2.06. The maximum Gasteiger partial charge on any atom is 0.241 e. The molecule has 0 rings (SSSR count). The molecule has 0 aromatic carbocycles. The molecule has 13 heavy (non-hydrogen) atoms. The van der Waals surface area contributed by atoms with Crippen LogP contribution in [-0.4, -0.2) is 36.5 Å². The summed E-state index contributed by atoms with van der Waals surface area (Å²) < 4.78 is 20.3. The van der Waals surface area contributed by atoms with Gasteiger partial charge in [-0.2, -0.15) is 0 Å². The summed E-state index contributed by atoms with van der Waals surface area (Å²) in [6, 6.07) is 0. The number of aliphatic hydroxyl groups excluding tert-OH is 1. The molecule has 7 heteroatoms. The zero-order chi connectivity index (χ0) is 10.2. The highest BCUT2D eigenvalue weighted by Gasteiger charge is 2.46. The molecule has 0 bridgehead atoms. The predicted molar refractivity (Wildman–Crippen MR) is 51.4 cm³/mol. The van der Waals surface area contributed by atoms with Gasteiger partial charge in [-0.25, -0.2) is 8.42 Å². The van der Waals surface area contributed by atoms with Crippen LogP contribution < -0.4 is 5.73 Å². The second-order valence-corrected chi connectivity index (χ2v) is 5.31. The van der Waals surface area contributed by atoms with E-state index in [1.165, 1.54) is 6.92 Å². The van der Waals surface area contributed by atoms with Crippen molar-refractivity contribution in [1.82, 2.24) is 0 Å². The van der Waals surface area contributed by atoms with Crippen molar-refractivity contribution in [3.63, 3.8) is 0 Å². The predicted octanol–water partition coefficient (Wildman–Crippen LogP) is -0.922. The van der Waals surface area contributed by atoms with E-state index in [1.54, 1.807) is 0 Å². The molecule has 5 nitrogen and oxygen atoms in total. The molecule has 0 fully saturated rings. The summed E-state index contributed by atoms with van der Waals surface area (Å²) in [6.07, 6.45) is -0.449. The van der Waals surface area contributed by atoms with Gasteiger partial charge in [0.25, 0.3) is 0 Å². The van der Waals surface area contributed by atoms with Crippen molar-refractivity contribution < 1.29 is 18.3 Å². The molecule has 0 saturated heterocycles. The topological polar surface area (TPSA) is 97.5 Å². The molecule has 2 atom stereocenters. The van der Waals surface area contributed by atoms with Gasteiger partial charge in [0.15, 0.2) is 14.6 Å². The van der Waals surface area contributed by atoms with Gasteiger partial charge >= 0.3 is 0 Å². The Morgan fingerprint density at radius 3 is 1.85 bits per heavy atom. The molecule has 3 N–H and O–H groups in total. The second-order valence-electron chi connectivity index (χ2n) is 2.92. The van der Waals surface area contributed by atoms with Crippen molar-refractivity contribution in [2.75, 3.05) is 6.26 Å². The summed E-state index contributed by atoms with van der Waals surface area (Å²) in [5.41, 5.74) is 4.88. The SMILES string of the molecule is CC(O)C(C)(C(N)=O)S(C)(=O)=O.Cl. The number of nitrogens with two attached hydrogens (primary N) is 1. The molecule has 0 aliphatic carbocycles. The first-order valence-corrected chi connectivity index (χ1v) is 5.20. The molecule has 0 spiro atoms.